The van der Waals surface area contributed by atoms with Crippen LogP contribution in [0, 0.1) is 5.92 Å². The van der Waals surface area contributed by atoms with Crippen LogP contribution in [0.5, 0.6) is 5.75 Å². The van der Waals surface area contributed by atoms with Crippen LogP contribution >= 0.6 is 15.9 Å². The van der Waals surface area contributed by atoms with Crippen LogP contribution in [0.15, 0.2) is 22.7 Å². The zero-order valence-corrected chi connectivity index (χ0v) is 14.0. The number of nitrogens with one attached hydrogen (secondary N) is 1. The van der Waals surface area contributed by atoms with Crippen molar-refractivity contribution in [2.75, 3.05) is 6.61 Å². The van der Waals surface area contributed by atoms with E-state index in [0.29, 0.717) is 12.6 Å². The van der Waals surface area contributed by atoms with Crippen molar-refractivity contribution in [2.45, 2.75) is 51.8 Å². The molecule has 0 heterocycles. The summed E-state index contributed by atoms with van der Waals surface area (Å²) in [5, 5.41) is 13.7. The van der Waals surface area contributed by atoms with Crippen molar-refractivity contribution in [3.05, 3.63) is 28.2 Å². The first kappa shape index (κ1) is 15.8. The SMILES string of the molecule is CC(C)C(C)(O)COc1ccc(CNC2CC2)cc1Br. The average molecular weight is 342 g/mol. The molecule has 20 heavy (non-hydrogen) atoms. The maximum Gasteiger partial charge on any atom is 0.133 e. The molecule has 3 nitrogen and oxygen atoms in total. The number of benzene rings is 1. The fraction of sp³-hybridized carbons (Fsp3) is 0.625. The van der Waals surface area contributed by atoms with Crippen LogP contribution in [0.1, 0.15) is 39.2 Å². The first-order valence-electron chi connectivity index (χ1n) is 7.25. The van der Waals surface area contributed by atoms with Gasteiger partial charge in [0.2, 0.25) is 0 Å². The van der Waals surface area contributed by atoms with Crippen LogP contribution in [0.2, 0.25) is 0 Å². The lowest BCUT2D eigenvalue weighted by atomic mass is 9.94. The number of halogens is 1. The van der Waals surface area contributed by atoms with E-state index in [1.165, 1.54) is 18.4 Å². The van der Waals surface area contributed by atoms with Crippen molar-refractivity contribution in [1.29, 1.82) is 0 Å². The van der Waals surface area contributed by atoms with Crippen LogP contribution in [-0.4, -0.2) is 23.4 Å². The van der Waals surface area contributed by atoms with Gasteiger partial charge in [0.15, 0.2) is 0 Å². The van der Waals surface area contributed by atoms with E-state index in [1.807, 2.05) is 19.9 Å². The highest BCUT2D eigenvalue weighted by atomic mass is 79.9. The van der Waals surface area contributed by atoms with E-state index in [-0.39, 0.29) is 5.92 Å². The van der Waals surface area contributed by atoms with Gasteiger partial charge in [-0.1, -0.05) is 19.9 Å². The van der Waals surface area contributed by atoms with Crippen molar-refractivity contribution in [2.24, 2.45) is 5.92 Å². The Morgan fingerprint density at radius 2 is 2.15 bits per heavy atom. The highest BCUT2D eigenvalue weighted by Gasteiger charge is 2.26. The molecule has 0 radical (unpaired) electrons. The standard InChI is InChI=1S/C16H24BrNO2/c1-11(2)16(3,19)10-20-15-7-4-12(8-14(15)17)9-18-13-5-6-13/h4,7-8,11,13,18-19H,5-6,9-10H2,1-3H3. The number of ether oxygens (including phenoxy) is 1. The van der Waals surface area contributed by atoms with Crippen molar-refractivity contribution >= 4 is 15.9 Å². The second-order valence-corrected chi connectivity index (χ2v) is 7.07. The van der Waals surface area contributed by atoms with Crippen molar-refractivity contribution in [3.63, 3.8) is 0 Å². The van der Waals surface area contributed by atoms with E-state index < -0.39 is 5.60 Å². The molecule has 112 valence electrons. The molecule has 1 saturated carbocycles. The summed E-state index contributed by atoms with van der Waals surface area (Å²) in [6.45, 7) is 6.98. The Hall–Kier alpha value is -0.580. The molecule has 2 rings (SSSR count). The summed E-state index contributed by atoms with van der Waals surface area (Å²) in [4.78, 5) is 0. The normalized spacial score (nSPS) is 18.1. The quantitative estimate of drug-likeness (QED) is 0.797. The molecule has 1 aromatic carbocycles. The van der Waals surface area contributed by atoms with Gasteiger partial charge in [-0.15, -0.1) is 0 Å². The van der Waals surface area contributed by atoms with E-state index in [1.54, 1.807) is 6.92 Å². The van der Waals surface area contributed by atoms with Gasteiger partial charge in [0.05, 0.1) is 10.1 Å². The summed E-state index contributed by atoms with van der Waals surface area (Å²) >= 11 is 3.54. The molecule has 1 atom stereocenters. The highest BCUT2D eigenvalue weighted by Crippen LogP contribution is 2.28. The first-order valence-corrected chi connectivity index (χ1v) is 8.05. The summed E-state index contributed by atoms with van der Waals surface area (Å²) < 4.78 is 6.68. The van der Waals surface area contributed by atoms with Gasteiger partial charge < -0.3 is 15.2 Å². The van der Waals surface area contributed by atoms with E-state index in [9.17, 15) is 5.11 Å². The van der Waals surface area contributed by atoms with Crippen LogP contribution in [0.4, 0.5) is 0 Å². The fourth-order valence-corrected chi connectivity index (χ4v) is 2.25. The van der Waals surface area contributed by atoms with Gasteiger partial charge >= 0.3 is 0 Å². The zero-order chi connectivity index (χ0) is 14.8. The Labute approximate surface area is 129 Å². The molecule has 0 bridgehead atoms. The van der Waals surface area contributed by atoms with E-state index in [0.717, 1.165) is 16.8 Å². The lowest BCUT2D eigenvalue weighted by Gasteiger charge is -2.27. The monoisotopic (exact) mass is 341 g/mol. The van der Waals surface area contributed by atoms with Gasteiger partial charge in [-0.05, 0) is 59.3 Å². The van der Waals surface area contributed by atoms with Crippen LogP contribution in [0.25, 0.3) is 0 Å². The lowest BCUT2D eigenvalue weighted by molar-refractivity contribution is -0.0268. The Balaban J connectivity index is 1.91. The highest BCUT2D eigenvalue weighted by molar-refractivity contribution is 9.10. The van der Waals surface area contributed by atoms with Gasteiger partial charge in [0, 0.05) is 12.6 Å². The third-order valence-electron chi connectivity index (χ3n) is 3.93. The number of rotatable bonds is 7. The molecule has 1 aliphatic carbocycles. The number of hydrogen-bond acceptors (Lipinski definition) is 3. The van der Waals surface area contributed by atoms with Gasteiger partial charge in [-0.25, -0.2) is 0 Å². The van der Waals surface area contributed by atoms with Crippen LogP contribution in [0.3, 0.4) is 0 Å². The summed E-state index contributed by atoms with van der Waals surface area (Å²) in [6, 6.07) is 6.82. The average Bonchev–Trinajstić information content (AvgIpc) is 3.19. The zero-order valence-electron chi connectivity index (χ0n) is 12.4. The largest absolute Gasteiger partial charge is 0.489 e. The summed E-state index contributed by atoms with van der Waals surface area (Å²) in [5.74, 6) is 0.935. The Morgan fingerprint density at radius 3 is 2.70 bits per heavy atom. The predicted molar refractivity (Wildman–Crippen MR) is 85.0 cm³/mol. The fourth-order valence-electron chi connectivity index (χ4n) is 1.71. The summed E-state index contributed by atoms with van der Waals surface area (Å²) in [6.07, 6.45) is 2.60. The maximum absolute atomic E-state index is 10.2. The van der Waals surface area contributed by atoms with Gasteiger partial charge in [-0.3, -0.25) is 0 Å². The van der Waals surface area contributed by atoms with E-state index in [2.05, 4.69) is 33.4 Å². The predicted octanol–water partition coefficient (Wildman–Crippen LogP) is 3.49. The molecule has 1 unspecified atom stereocenters. The Kier molecular flexibility index (Phi) is 5.10. The molecule has 0 spiro atoms. The van der Waals surface area contributed by atoms with Gasteiger partial charge in [-0.2, -0.15) is 0 Å². The molecule has 0 saturated heterocycles. The first-order chi connectivity index (χ1) is 9.38. The molecule has 1 aromatic rings. The Morgan fingerprint density at radius 1 is 1.45 bits per heavy atom. The summed E-state index contributed by atoms with van der Waals surface area (Å²) in [5.41, 5.74) is 0.429. The molecule has 2 N–H and O–H groups in total. The minimum Gasteiger partial charge on any atom is -0.489 e. The Bertz CT molecular complexity index is 456. The molecule has 0 aliphatic heterocycles. The third kappa shape index (κ3) is 4.47. The van der Waals surface area contributed by atoms with Crippen LogP contribution < -0.4 is 10.1 Å². The lowest BCUT2D eigenvalue weighted by Crippen LogP contribution is -2.37. The van der Waals surface area contributed by atoms with E-state index in [4.69, 9.17) is 4.74 Å². The molecule has 4 heteroatoms. The minimum absolute atomic E-state index is 0.156. The molecule has 1 fully saturated rings. The third-order valence-corrected chi connectivity index (χ3v) is 4.55. The summed E-state index contributed by atoms with van der Waals surface area (Å²) in [7, 11) is 0. The van der Waals surface area contributed by atoms with Gasteiger partial charge in [0.1, 0.15) is 12.4 Å². The topological polar surface area (TPSA) is 41.5 Å². The van der Waals surface area contributed by atoms with Crippen LogP contribution in [-0.2, 0) is 6.54 Å². The maximum atomic E-state index is 10.2. The molecule has 0 aromatic heterocycles. The molecular formula is C16H24BrNO2. The van der Waals surface area contributed by atoms with E-state index >= 15 is 0 Å². The van der Waals surface area contributed by atoms with Gasteiger partial charge in [0.25, 0.3) is 0 Å². The van der Waals surface area contributed by atoms with Crippen molar-refractivity contribution < 1.29 is 9.84 Å². The number of hydrogen-bond donors (Lipinski definition) is 2. The smallest absolute Gasteiger partial charge is 0.133 e. The molecular weight excluding hydrogens is 318 g/mol. The minimum atomic E-state index is -0.814. The van der Waals surface area contributed by atoms with Crippen molar-refractivity contribution in [3.8, 4) is 5.75 Å². The molecule has 0 amide bonds. The number of aliphatic hydroxyl groups is 1. The second kappa shape index (κ2) is 6.46. The van der Waals surface area contributed by atoms with Crippen molar-refractivity contribution in [1.82, 2.24) is 5.32 Å². The molecule has 1 aliphatic rings. The second-order valence-electron chi connectivity index (χ2n) is 6.22.